The molecule has 2 aromatic carbocycles. The largest absolute Gasteiger partial charge is 0.497 e. The molecule has 0 aliphatic heterocycles. The number of urea groups is 1. The van der Waals surface area contributed by atoms with Crippen molar-refractivity contribution in [1.82, 2.24) is 15.5 Å². The van der Waals surface area contributed by atoms with Crippen molar-refractivity contribution in [3.8, 4) is 16.3 Å². The number of benzene rings is 2. The molecular formula is C20H18F3N5O3S. The number of ether oxygens (including phenoxy) is 1. The molecule has 0 spiro atoms. The van der Waals surface area contributed by atoms with Gasteiger partial charge in [0.2, 0.25) is 11.0 Å². The van der Waals surface area contributed by atoms with Crippen molar-refractivity contribution in [2.24, 2.45) is 0 Å². The highest BCUT2D eigenvalue weighted by molar-refractivity contribution is 7.18. The number of hydrogen-bond acceptors (Lipinski definition) is 6. The van der Waals surface area contributed by atoms with Crippen LogP contribution in [0.25, 0.3) is 10.6 Å². The Hall–Kier alpha value is -3.67. The number of hydrogen-bond donors (Lipinski definition) is 3. The van der Waals surface area contributed by atoms with Crippen molar-refractivity contribution in [2.75, 3.05) is 17.7 Å². The van der Waals surface area contributed by atoms with Gasteiger partial charge >= 0.3 is 12.2 Å². The summed E-state index contributed by atoms with van der Waals surface area (Å²) in [5.41, 5.74) is 0.115. The number of amides is 3. The first kappa shape index (κ1) is 23.0. The number of alkyl halides is 3. The van der Waals surface area contributed by atoms with E-state index in [2.05, 4.69) is 26.1 Å². The van der Waals surface area contributed by atoms with E-state index in [1.165, 1.54) is 6.92 Å². The van der Waals surface area contributed by atoms with Gasteiger partial charge in [-0.15, -0.1) is 10.2 Å². The van der Waals surface area contributed by atoms with Crippen LogP contribution in [0, 0.1) is 0 Å². The first-order chi connectivity index (χ1) is 15.2. The van der Waals surface area contributed by atoms with Crippen molar-refractivity contribution >= 4 is 34.1 Å². The van der Waals surface area contributed by atoms with E-state index in [-0.39, 0.29) is 10.8 Å². The highest BCUT2D eigenvalue weighted by atomic mass is 32.1. The smallest absolute Gasteiger partial charge is 0.416 e. The van der Waals surface area contributed by atoms with Gasteiger partial charge in [0.25, 0.3) is 0 Å². The van der Waals surface area contributed by atoms with Gasteiger partial charge in [-0.3, -0.25) is 10.1 Å². The Labute approximate surface area is 184 Å². The van der Waals surface area contributed by atoms with Gasteiger partial charge in [-0.2, -0.15) is 13.2 Å². The van der Waals surface area contributed by atoms with Crippen LogP contribution >= 0.6 is 11.3 Å². The molecule has 32 heavy (non-hydrogen) atoms. The number of carbonyl (C=O) groups excluding carboxylic acids is 2. The number of rotatable bonds is 6. The molecule has 0 saturated heterocycles. The number of halogens is 3. The number of methoxy groups -OCH3 is 1. The molecule has 0 aliphatic carbocycles. The number of nitrogens with one attached hydrogen (secondary N) is 3. The number of nitrogens with zero attached hydrogens (tertiary/aromatic N) is 2. The van der Waals surface area contributed by atoms with E-state index in [9.17, 15) is 22.8 Å². The molecule has 0 radical (unpaired) electrons. The van der Waals surface area contributed by atoms with Crippen molar-refractivity contribution in [3.63, 3.8) is 0 Å². The van der Waals surface area contributed by atoms with Crippen LogP contribution in [0.1, 0.15) is 12.5 Å². The van der Waals surface area contributed by atoms with Crippen LogP contribution in [0.2, 0.25) is 0 Å². The minimum absolute atomic E-state index is 0.149. The lowest BCUT2D eigenvalue weighted by molar-refractivity contribution is -0.137. The Balaban J connectivity index is 1.53. The summed E-state index contributed by atoms with van der Waals surface area (Å²) in [7, 11) is 1.56. The molecule has 3 rings (SSSR count). The van der Waals surface area contributed by atoms with E-state index in [0.717, 1.165) is 41.2 Å². The Kier molecular flexibility index (Phi) is 6.93. The van der Waals surface area contributed by atoms with Crippen LogP contribution in [-0.4, -0.2) is 35.3 Å². The molecule has 3 aromatic rings. The van der Waals surface area contributed by atoms with Crippen molar-refractivity contribution in [3.05, 3.63) is 54.1 Å². The van der Waals surface area contributed by atoms with E-state index in [1.807, 2.05) is 0 Å². The van der Waals surface area contributed by atoms with E-state index in [0.29, 0.717) is 10.8 Å². The van der Waals surface area contributed by atoms with Crippen LogP contribution < -0.4 is 20.7 Å². The molecule has 1 atom stereocenters. The number of carbonyl (C=O) groups is 2. The fourth-order valence-corrected chi connectivity index (χ4v) is 3.26. The fraction of sp³-hybridized carbons (Fsp3) is 0.200. The van der Waals surface area contributed by atoms with Crippen molar-refractivity contribution in [2.45, 2.75) is 19.1 Å². The SMILES string of the molecule is COc1ccc(-c2nnc(NC(=O)C(C)NC(=O)Nc3ccc(C(F)(F)F)cc3)s2)cc1. The monoisotopic (exact) mass is 465 g/mol. The molecule has 3 N–H and O–H groups in total. The lowest BCUT2D eigenvalue weighted by atomic mass is 10.2. The number of aromatic nitrogens is 2. The van der Waals surface area contributed by atoms with Crippen molar-refractivity contribution in [1.29, 1.82) is 0 Å². The van der Waals surface area contributed by atoms with Crippen LogP contribution in [0.5, 0.6) is 5.75 Å². The summed E-state index contributed by atoms with van der Waals surface area (Å²) < 4.78 is 42.9. The third kappa shape index (κ3) is 5.94. The van der Waals surface area contributed by atoms with Crippen LogP contribution in [-0.2, 0) is 11.0 Å². The van der Waals surface area contributed by atoms with Gasteiger partial charge in [0, 0.05) is 11.3 Å². The molecule has 0 fully saturated rings. The summed E-state index contributed by atoms with van der Waals surface area (Å²) in [5, 5.41) is 16.1. The summed E-state index contributed by atoms with van der Waals surface area (Å²) in [4.78, 5) is 24.4. The molecule has 0 bridgehead atoms. The van der Waals surface area contributed by atoms with Gasteiger partial charge in [0.15, 0.2) is 0 Å². The van der Waals surface area contributed by atoms with E-state index in [4.69, 9.17) is 4.74 Å². The number of anilines is 2. The van der Waals surface area contributed by atoms with Gasteiger partial charge in [-0.25, -0.2) is 4.79 Å². The zero-order valence-corrected chi connectivity index (χ0v) is 17.7. The second-order valence-electron chi connectivity index (χ2n) is 6.53. The Morgan fingerprint density at radius 3 is 2.25 bits per heavy atom. The molecular weight excluding hydrogens is 447 g/mol. The minimum atomic E-state index is -4.47. The van der Waals surface area contributed by atoms with E-state index < -0.39 is 29.7 Å². The highest BCUT2D eigenvalue weighted by Crippen LogP contribution is 2.30. The van der Waals surface area contributed by atoms with Gasteiger partial charge in [-0.1, -0.05) is 11.3 Å². The van der Waals surface area contributed by atoms with E-state index >= 15 is 0 Å². The standard InChI is InChI=1S/C20H18F3N5O3S/c1-11(24-18(30)25-14-7-5-13(6-8-14)20(21,22)23)16(29)26-19-28-27-17(32-19)12-3-9-15(31-2)10-4-12/h3-11H,1-2H3,(H2,24,25,30)(H,26,28,29). The van der Waals surface area contributed by atoms with Gasteiger partial charge < -0.3 is 15.4 Å². The molecule has 8 nitrogen and oxygen atoms in total. The summed E-state index contributed by atoms with van der Waals surface area (Å²) in [6, 6.07) is 9.41. The Morgan fingerprint density at radius 1 is 1.00 bits per heavy atom. The lowest BCUT2D eigenvalue weighted by Crippen LogP contribution is -2.43. The summed E-state index contributed by atoms with van der Waals surface area (Å²) in [6.07, 6.45) is -4.47. The maximum atomic E-state index is 12.6. The highest BCUT2D eigenvalue weighted by Gasteiger charge is 2.30. The predicted octanol–water partition coefficient (Wildman–Crippen LogP) is 4.38. The summed E-state index contributed by atoms with van der Waals surface area (Å²) in [5.74, 6) is 0.159. The van der Waals surface area contributed by atoms with Crippen LogP contribution in [0.15, 0.2) is 48.5 Å². The molecule has 3 amide bonds. The van der Waals surface area contributed by atoms with Gasteiger partial charge in [-0.05, 0) is 55.5 Å². The molecule has 0 saturated carbocycles. The third-order valence-electron chi connectivity index (χ3n) is 4.20. The molecule has 0 aliphatic rings. The molecule has 168 valence electrons. The molecule has 1 heterocycles. The average Bonchev–Trinajstić information content (AvgIpc) is 3.21. The zero-order chi connectivity index (χ0) is 23.3. The minimum Gasteiger partial charge on any atom is -0.497 e. The lowest BCUT2D eigenvalue weighted by Gasteiger charge is -2.14. The summed E-state index contributed by atoms with van der Waals surface area (Å²) in [6.45, 7) is 1.45. The topological polar surface area (TPSA) is 105 Å². The Morgan fingerprint density at radius 2 is 1.66 bits per heavy atom. The van der Waals surface area contributed by atoms with Gasteiger partial charge in [0.05, 0.1) is 12.7 Å². The normalized spacial score (nSPS) is 12.0. The molecule has 12 heteroatoms. The molecule has 1 unspecified atom stereocenters. The third-order valence-corrected chi connectivity index (χ3v) is 5.09. The first-order valence-corrected chi connectivity index (χ1v) is 10.0. The predicted molar refractivity (Wildman–Crippen MR) is 114 cm³/mol. The fourth-order valence-electron chi connectivity index (χ4n) is 2.51. The van der Waals surface area contributed by atoms with E-state index in [1.54, 1.807) is 31.4 Å². The first-order valence-electron chi connectivity index (χ1n) is 9.19. The zero-order valence-electron chi connectivity index (χ0n) is 16.9. The van der Waals surface area contributed by atoms with Gasteiger partial charge in [0.1, 0.15) is 16.8 Å². The maximum absolute atomic E-state index is 12.6. The van der Waals surface area contributed by atoms with Crippen molar-refractivity contribution < 1.29 is 27.5 Å². The van der Waals surface area contributed by atoms with Crippen LogP contribution in [0.4, 0.5) is 28.8 Å². The Bertz CT molecular complexity index is 1090. The second-order valence-corrected chi connectivity index (χ2v) is 7.50. The summed E-state index contributed by atoms with van der Waals surface area (Å²) >= 11 is 1.15. The average molecular weight is 465 g/mol. The molecule has 1 aromatic heterocycles. The maximum Gasteiger partial charge on any atom is 0.416 e. The quantitative estimate of drug-likeness (QED) is 0.501. The second kappa shape index (κ2) is 9.64. The van der Waals surface area contributed by atoms with Crippen LogP contribution in [0.3, 0.4) is 0 Å².